The molecule has 1 N–H and O–H groups in total. The third-order valence-electron chi connectivity index (χ3n) is 7.81. The van der Waals surface area contributed by atoms with Crippen LogP contribution in [0.5, 0.6) is 23.0 Å². The molecule has 2 aliphatic rings. The van der Waals surface area contributed by atoms with E-state index in [0.717, 1.165) is 49.4 Å². The van der Waals surface area contributed by atoms with E-state index in [-0.39, 0.29) is 17.7 Å². The van der Waals surface area contributed by atoms with Crippen LogP contribution in [0.4, 0.5) is 0 Å². The van der Waals surface area contributed by atoms with Crippen LogP contribution in [-0.2, 0) is 24.2 Å². The van der Waals surface area contributed by atoms with Gasteiger partial charge in [-0.1, -0.05) is 30.3 Å². The van der Waals surface area contributed by atoms with Crippen molar-refractivity contribution in [1.29, 1.82) is 0 Å². The largest absolute Gasteiger partial charge is 0.493 e. The number of piperidine rings is 1. The first-order valence-corrected chi connectivity index (χ1v) is 14.2. The van der Waals surface area contributed by atoms with E-state index < -0.39 is 0 Å². The average Bonchev–Trinajstić information content (AvgIpc) is 3.46. The number of carbonyl (C=O) groups is 1. The summed E-state index contributed by atoms with van der Waals surface area (Å²) < 4.78 is 23.0. The molecule has 7 nitrogen and oxygen atoms in total. The molecule has 7 heteroatoms. The molecule has 1 aliphatic carbocycles. The van der Waals surface area contributed by atoms with Gasteiger partial charge in [0.2, 0.25) is 5.91 Å². The summed E-state index contributed by atoms with van der Waals surface area (Å²) in [7, 11) is 3.29. The topological polar surface area (TPSA) is 69.3 Å². The fourth-order valence-corrected chi connectivity index (χ4v) is 5.84. The number of benzene rings is 3. The summed E-state index contributed by atoms with van der Waals surface area (Å²) in [5, 5.41) is 3.10. The third kappa shape index (κ3) is 7.27. The van der Waals surface area contributed by atoms with Gasteiger partial charge in [-0.15, -0.1) is 0 Å². The number of hydrogen-bond donors (Lipinski definition) is 1. The molecule has 1 heterocycles. The number of hydrogen-bond acceptors (Lipinski definition) is 6. The summed E-state index contributed by atoms with van der Waals surface area (Å²) >= 11 is 0. The van der Waals surface area contributed by atoms with E-state index in [0.29, 0.717) is 37.8 Å². The van der Waals surface area contributed by atoms with Gasteiger partial charge >= 0.3 is 0 Å². The molecule has 3 aromatic rings. The molecule has 1 saturated heterocycles. The fraction of sp³-hybridized carbons (Fsp3) is 0.424. The zero-order valence-electron chi connectivity index (χ0n) is 23.6. The van der Waals surface area contributed by atoms with Gasteiger partial charge in [-0.2, -0.15) is 0 Å². The van der Waals surface area contributed by atoms with Crippen LogP contribution in [0.2, 0.25) is 0 Å². The number of nitrogens with zero attached hydrogens (tertiary/aromatic N) is 1. The molecule has 0 radical (unpaired) electrons. The van der Waals surface area contributed by atoms with Crippen LogP contribution in [0.3, 0.4) is 0 Å². The van der Waals surface area contributed by atoms with Crippen molar-refractivity contribution in [2.45, 2.75) is 32.2 Å². The minimum Gasteiger partial charge on any atom is -0.493 e. The second-order valence-corrected chi connectivity index (χ2v) is 10.7. The zero-order valence-corrected chi connectivity index (χ0v) is 23.6. The molecule has 0 bridgehead atoms. The molecule has 0 saturated carbocycles. The summed E-state index contributed by atoms with van der Waals surface area (Å²) in [5.74, 6) is 3.33. The van der Waals surface area contributed by atoms with Gasteiger partial charge in [-0.3, -0.25) is 9.69 Å². The molecule has 3 aromatic carbocycles. The third-order valence-corrected chi connectivity index (χ3v) is 7.81. The first-order valence-electron chi connectivity index (χ1n) is 14.2. The van der Waals surface area contributed by atoms with Gasteiger partial charge in [0.25, 0.3) is 0 Å². The lowest BCUT2D eigenvalue weighted by Gasteiger charge is -2.37. The Morgan fingerprint density at radius 2 is 1.70 bits per heavy atom. The van der Waals surface area contributed by atoms with E-state index in [1.165, 1.54) is 17.5 Å². The number of ether oxygens (including phenoxy) is 4. The number of rotatable bonds is 12. The molecular weight excluding hydrogens is 504 g/mol. The zero-order chi connectivity index (χ0) is 27.7. The van der Waals surface area contributed by atoms with Crippen LogP contribution in [0.25, 0.3) is 0 Å². The molecule has 1 amide bonds. The lowest BCUT2D eigenvalue weighted by molar-refractivity contribution is -0.127. The van der Waals surface area contributed by atoms with Crippen LogP contribution >= 0.6 is 0 Å². The Kier molecular flexibility index (Phi) is 9.45. The Hall–Kier alpha value is -3.71. The molecule has 0 spiro atoms. The van der Waals surface area contributed by atoms with E-state index in [9.17, 15) is 4.79 Å². The second-order valence-electron chi connectivity index (χ2n) is 10.7. The van der Waals surface area contributed by atoms with Gasteiger partial charge in [0, 0.05) is 25.6 Å². The number of para-hydroxylation sites is 1. The molecule has 212 valence electrons. The SMILES string of the molecule is COc1ccc(CN2C[C@@H](COc3ccc4c(c3)CCC4)C[C@@H](C(=O)NCCOc3ccccc3)C2)cc1OC. The van der Waals surface area contributed by atoms with Crippen molar-refractivity contribution in [3.8, 4) is 23.0 Å². The normalized spacial score (nSPS) is 18.6. The van der Waals surface area contributed by atoms with E-state index in [1.54, 1.807) is 14.2 Å². The van der Waals surface area contributed by atoms with E-state index >= 15 is 0 Å². The Labute approximate surface area is 237 Å². The van der Waals surface area contributed by atoms with Crippen LogP contribution in [0, 0.1) is 11.8 Å². The maximum Gasteiger partial charge on any atom is 0.224 e. The molecule has 5 rings (SSSR count). The minimum absolute atomic E-state index is 0.0659. The first-order chi connectivity index (χ1) is 19.6. The summed E-state index contributed by atoms with van der Waals surface area (Å²) in [6.07, 6.45) is 4.31. The van der Waals surface area contributed by atoms with Gasteiger partial charge in [0.1, 0.15) is 18.1 Å². The van der Waals surface area contributed by atoms with Gasteiger partial charge in [-0.05, 0) is 78.8 Å². The van der Waals surface area contributed by atoms with Crippen molar-refractivity contribution in [2.24, 2.45) is 11.8 Å². The molecule has 2 atom stereocenters. The standard InChI is InChI=1S/C33H40N2O5/c1-37-31-14-11-24(18-32(31)38-2)20-35-21-25(23-40-30-13-12-26-7-6-8-27(26)19-30)17-28(22-35)33(36)34-15-16-39-29-9-4-3-5-10-29/h3-5,9-14,18-19,25,28H,6-8,15-17,20-23H2,1-2H3,(H,34,36)/t25-,28+/m0/s1. The lowest BCUT2D eigenvalue weighted by atomic mass is 9.88. The van der Waals surface area contributed by atoms with Gasteiger partial charge in [0.15, 0.2) is 11.5 Å². The van der Waals surface area contributed by atoms with Gasteiger partial charge < -0.3 is 24.3 Å². The number of methoxy groups -OCH3 is 2. The highest BCUT2D eigenvalue weighted by atomic mass is 16.5. The number of aryl methyl sites for hydroxylation is 2. The molecule has 1 fully saturated rings. The Bertz CT molecular complexity index is 1260. The van der Waals surface area contributed by atoms with Crippen LogP contribution in [-0.4, -0.2) is 57.9 Å². The highest BCUT2D eigenvalue weighted by Crippen LogP contribution is 2.31. The van der Waals surface area contributed by atoms with Crippen LogP contribution in [0.15, 0.2) is 66.7 Å². The Morgan fingerprint density at radius 1 is 0.875 bits per heavy atom. The Morgan fingerprint density at radius 3 is 2.52 bits per heavy atom. The molecule has 0 aromatic heterocycles. The number of carbonyl (C=O) groups excluding carboxylic acids is 1. The molecule has 1 aliphatic heterocycles. The summed E-state index contributed by atoms with van der Waals surface area (Å²) in [5.41, 5.74) is 3.97. The first kappa shape index (κ1) is 27.8. The van der Waals surface area contributed by atoms with Crippen molar-refractivity contribution >= 4 is 5.91 Å². The fourth-order valence-electron chi connectivity index (χ4n) is 5.84. The number of amides is 1. The maximum absolute atomic E-state index is 13.3. The van der Waals surface area contributed by atoms with Crippen molar-refractivity contribution in [1.82, 2.24) is 10.2 Å². The van der Waals surface area contributed by atoms with Crippen molar-refractivity contribution in [2.75, 3.05) is 47.1 Å². The van der Waals surface area contributed by atoms with Crippen LogP contribution < -0.4 is 24.3 Å². The van der Waals surface area contributed by atoms with Crippen LogP contribution in [0.1, 0.15) is 29.5 Å². The van der Waals surface area contributed by atoms with E-state index in [2.05, 4.69) is 34.5 Å². The maximum atomic E-state index is 13.3. The quantitative estimate of drug-likeness (QED) is 0.327. The summed E-state index contributed by atoms with van der Waals surface area (Å²) in [4.78, 5) is 15.6. The van der Waals surface area contributed by atoms with E-state index in [4.69, 9.17) is 18.9 Å². The lowest BCUT2D eigenvalue weighted by Crippen LogP contribution is -2.47. The highest BCUT2D eigenvalue weighted by molar-refractivity contribution is 5.79. The van der Waals surface area contributed by atoms with Gasteiger partial charge in [0.05, 0.1) is 33.3 Å². The summed E-state index contributed by atoms with van der Waals surface area (Å²) in [6, 6.07) is 22.2. The molecule has 0 unspecified atom stereocenters. The van der Waals surface area contributed by atoms with Gasteiger partial charge in [-0.25, -0.2) is 0 Å². The Balaban J connectivity index is 1.21. The number of nitrogens with one attached hydrogen (secondary N) is 1. The summed E-state index contributed by atoms with van der Waals surface area (Å²) in [6.45, 7) is 3.76. The van der Waals surface area contributed by atoms with Crippen molar-refractivity contribution in [3.05, 3.63) is 83.4 Å². The van der Waals surface area contributed by atoms with Crippen molar-refractivity contribution < 1.29 is 23.7 Å². The molecule has 40 heavy (non-hydrogen) atoms. The molecular formula is C33H40N2O5. The predicted octanol–water partition coefficient (Wildman–Crippen LogP) is 4.90. The van der Waals surface area contributed by atoms with Crippen molar-refractivity contribution in [3.63, 3.8) is 0 Å². The predicted molar refractivity (Wildman–Crippen MR) is 155 cm³/mol. The average molecular weight is 545 g/mol. The second kappa shape index (κ2) is 13.6. The minimum atomic E-state index is -0.126. The highest BCUT2D eigenvalue weighted by Gasteiger charge is 2.32. The monoisotopic (exact) mass is 544 g/mol. The smallest absolute Gasteiger partial charge is 0.224 e. The van der Waals surface area contributed by atoms with E-state index in [1.807, 2.05) is 42.5 Å². The number of likely N-dealkylation sites (tertiary alicyclic amines) is 1. The number of fused-ring (bicyclic) bond motifs is 1.